The summed E-state index contributed by atoms with van der Waals surface area (Å²) in [7, 11) is -3.04. The van der Waals surface area contributed by atoms with E-state index in [9.17, 15) is 13.2 Å². The Morgan fingerprint density at radius 3 is 2.43 bits per heavy atom. The first-order valence-electron chi connectivity index (χ1n) is 8.67. The summed E-state index contributed by atoms with van der Waals surface area (Å²) in [6.45, 7) is 0.604. The fourth-order valence-corrected chi connectivity index (χ4v) is 4.21. The lowest BCUT2D eigenvalue weighted by atomic mass is 10.2. The van der Waals surface area contributed by atoms with E-state index in [0.29, 0.717) is 41.3 Å². The number of anilines is 3. The van der Waals surface area contributed by atoms with Crippen LogP contribution >= 0.6 is 0 Å². The molecule has 3 heterocycles. The normalized spacial score (nSPS) is 16.1. The second-order valence-corrected chi connectivity index (χ2v) is 8.73. The summed E-state index contributed by atoms with van der Waals surface area (Å²) in [5.41, 5.74) is 7.31. The molecule has 28 heavy (non-hydrogen) atoms. The van der Waals surface area contributed by atoms with Gasteiger partial charge in [-0.25, -0.2) is 18.4 Å². The van der Waals surface area contributed by atoms with Gasteiger partial charge in [0.2, 0.25) is 5.95 Å². The van der Waals surface area contributed by atoms with E-state index in [-0.39, 0.29) is 23.4 Å². The number of hydrogen-bond donors (Lipinski definition) is 2. The second-order valence-electron chi connectivity index (χ2n) is 6.43. The number of pyridine rings is 1. The molecule has 0 spiro atoms. The van der Waals surface area contributed by atoms with Crippen molar-refractivity contribution in [3.8, 4) is 0 Å². The van der Waals surface area contributed by atoms with Crippen molar-refractivity contribution in [2.24, 2.45) is 0 Å². The predicted molar refractivity (Wildman–Crippen MR) is 107 cm³/mol. The minimum absolute atomic E-state index is 0.0445. The van der Waals surface area contributed by atoms with Crippen molar-refractivity contribution in [2.45, 2.75) is 0 Å². The standard InChI is InChI=1S/C18H18N6O3S/c19-18-20-13-6-7-14(22-17(25)12-4-2-1-3-5-12)21-15(13)16(23-18)24-8-10-28(26,27)11-9-24/h1-7H,8-11H2,(H2,19,20,23)(H,21,22,25). The predicted octanol–water partition coefficient (Wildman–Crippen LogP) is 1.09. The van der Waals surface area contributed by atoms with Gasteiger partial charge in [-0.05, 0) is 24.3 Å². The van der Waals surface area contributed by atoms with Crippen LogP contribution in [0.3, 0.4) is 0 Å². The number of benzene rings is 1. The van der Waals surface area contributed by atoms with Gasteiger partial charge >= 0.3 is 0 Å². The minimum atomic E-state index is -3.04. The van der Waals surface area contributed by atoms with Crippen molar-refractivity contribution in [3.05, 3.63) is 48.0 Å². The lowest BCUT2D eigenvalue weighted by Crippen LogP contribution is -2.41. The number of nitrogen functional groups attached to an aromatic ring is 1. The molecule has 1 aliphatic heterocycles. The quantitative estimate of drug-likeness (QED) is 0.670. The first-order valence-corrected chi connectivity index (χ1v) is 10.5. The van der Waals surface area contributed by atoms with E-state index in [1.165, 1.54) is 0 Å². The van der Waals surface area contributed by atoms with Crippen LogP contribution in [0.2, 0.25) is 0 Å². The summed E-state index contributed by atoms with van der Waals surface area (Å²) >= 11 is 0. The molecule has 0 aliphatic carbocycles. The number of rotatable bonds is 3. The van der Waals surface area contributed by atoms with Crippen molar-refractivity contribution in [1.29, 1.82) is 0 Å². The first kappa shape index (κ1) is 18.1. The number of nitrogens with zero attached hydrogens (tertiary/aromatic N) is 4. The molecule has 1 amide bonds. The maximum absolute atomic E-state index is 12.4. The number of nitrogens with one attached hydrogen (secondary N) is 1. The van der Waals surface area contributed by atoms with Gasteiger partial charge in [0.1, 0.15) is 11.3 Å². The van der Waals surface area contributed by atoms with E-state index in [1.807, 2.05) is 11.0 Å². The summed E-state index contributed by atoms with van der Waals surface area (Å²) in [4.78, 5) is 27.2. The molecule has 9 nitrogen and oxygen atoms in total. The molecule has 3 aromatic rings. The number of carbonyl (C=O) groups excluding carboxylic acids is 1. The molecule has 0 radical (unpaired) electrons. The number of amides is 1. The monoisotopic (exact) mass is 398 g/mol. The zero-order valence-electron chi connectivity index (χ0n) is 14.9. The van der Waals surface area contributed by atoms with Crippen molar-refractivity contribution < 1.29 is 13.2 Å². The molecule has 1 aliphatic rings. The number of aromatic nitrogens is 3. The van der Waals surface area contributed by atoms with Crippen LogP contribution in [0.25, 0.3) is 11.0 Å². The topological polar surface area (TPSA) is 131 Å². The number of fused-ring (bicyclic) bond motifs is 1. The van der Waals surface area contributed by atoms with Crippen LogP contribution in [0.5, 0.6) is 0 Å². The summed E-state index contributed by atoms with van der Waals surface area (Å²) in [6.07, 6.45) is 0. The molecule has 4 rings (SSSR count). The Hall–Kier alpha value is -3.27. The maximum Gasteiger partial charge on any atom is 0.256 e. The van der Waals surface area contributed by atoms with Crippen LogP contribution in [-0.2, 0) is 9.84 Å². The maximum atomic E-state index is 12.4. The minimum Gasteiger partial charge on any atom is -0.368 e. The van der Waals surface area contributed by atoms with Crippen molar-refractivity contribution in [2.75, 3.05) is 40.5 Å². The van der Waals surface area contributed by atoms with Gasteiger partial charge in [0, 0.05) is 18.7 Å². The summed E-state index contributed by atoms with van der Waals surface area (Å²) in [5, 5.41) is 2.76. The number of nitrogens with two attached hydrogens (primary N) is 1. The Balaban J connectivity index is 1.68. The van der Waals surface area contributed by atoms with E-state index >= 15 is 0 Å². The first-order chi connectivity index (χ1) is 13.4. The summed E-state index contributed by atoms with van der Waals surface area (Å²) in [5.74, 6) is 0.702. The van der Waals surface area contributed by atoms with Gasteiger partial charge in [-0.2, -0.15) is 4.98 Å². The summed E-state index contributed by atoms with van der Waals surface area (Å²) in [6, 6.07) is 12.1. The molecule has 3 N–H and O–H groups in total. The molecule has 144 valence electrons. The van der Waals surface area contributed by atoms with Crippen LogP contribution in [0.15, 0.2) is 42.5 Å². The van der Waals surface area contributed by atoms with Gasteiger partial charge in [-0.1, -0.05) is 18.2 Å². The molecule has 0 bridgehead atoms. The second kappa shape index (κ2) is 7.04. The van der Waals surface area contributed by atoms with E-state index in [4.69, 9.17) is 5.73 Å². The van der Waals surface area contributed by atoms with Gasteiger partial charge in [-0.15, -0.1) is 0 Å². The molecular formula is C18H18N6O3S. The van der Waals surface area contributed by atoms with E-state index < -0.39 is 9.84 Å². The van der Waals surface area contributed by atoms with E-state index in [0.717, 1.165) is 0 Å². The van der Waals surface area contributed by atoms with Crippen LogP contribution in [0.4, 0.5) is 17.6 Å². The van der Waals surface area contributed by atoms with Gasteiger partial charge in [-0.3, -0.25) is 4.79 Å². The van der Waals surface area contributed by atoms with E-state index in [1.54, 1.807) is 36.4 Å². The van der Waals surface area contributed by atoms with Crippen molar-refractivity contribution in [3.63, 3.8) is 0 Å². The van der Waals surface area contributed by atoms with Crippen LogP contribution < -0.4 is 16.0 Å². The zero-order chi connectivity index (χ0) is 19.7. The Bertz CT molecular complexity index is 1140. The molecule has 0 atom stereocenters. The average Bonchev–Trinajstić information content (AvgIpc) is 2.68. The van der Waals surface area contributed by atoms with Crippen molar-refractivity contribution >= 4 is 44.4 Å². The highest BCUT2D eigenvalue weighted by Crippen LogP contribution is 2.26. The molecule has 2 aromatic heterocycles. The number of carbonyl (C=O) groups is 1. The molecule has 1 fully saturated rings. The average molecular weight is 398 g/mol. The Morgan fingerprint density at radius 1 is 1.00 bits per heavy atom. The van der Waals surface area contributed by atoms with Gasteiger partial charge in [0.25, 0.3) is 5.91 Å². The number of hydrogen-bond acceptors (Lipinski definition) is 8. The van der Waals surface area contributed by atoms with Crippen molar-refractivity contribution in [1.82, 2.24) is 15.0 Å². The third-order valence-electron chi connectivity index (χ3n) is 4.46. The van der Waals surface area contributed by atoms with E-state index in [2.05, 4.69) is 20.3 Å². The van der Waals surface area contributed by atoms with Crippen LogP contribution in [-0.4, -0.2) is 53.9 Å². The summed E-state index contributed by atoms with van der Waals surface area (Å²) < 4.78 is 23.4. The molecular weight excluding hydrogens is 380 g/mol. The lowest BCUT2D eigenvalue weighted by Gasteiger charge is -2.28. The molecule has 1 saturated heterocycles. The highest BCUT2D eigenvalue weighted by Gasteiger charge is 2.25. The fourth-order valence-electron chi connectivity index (χ4n) is 3.01. The SMILES string of the molecule is Nc1nc(N2CCS(=O)(=O)CC2)c2nc(NC(=O)c3ccccc3)ccc2n1. The molecule has 10 heteroatoms. The lowest BCUT2D eigenvalue weighted by molar-refractivity contribution is 0.102. The Labute approximate surface area is 161 Å². The molecule has 1 aromatic carbocycles. The highest BCUT2D eigenvalue weighted by atomic mass is 32.2. The third-order valence-corrected chi connectivity index (χ3v) is 6.07. The number of sulfone groups is 1. The molecule has 0 unspecified atom stereocenters. The smallest absolute Gasteiger partial charge is 0.256 e. The Kier molecular flexibility index (Phi) is 4.55. The van der Waals surface area contributed by atoms with Crippen LogP contribution in [0.1, 0.15) is 10.4 Å². The van der Waals surface area contributed by atoms with Gasteiger partial charge < -0.3 is 16.0 Å². The fraction of sp³-hybridized carbons (Fsp3) is 0.222. The highest BCUT2D eigenvalue weighted by molar-refractivity contribution is 7.91. The molecule has 0 saturated carbocycles. The van der Waals surface area contributed by atoms with Gasteiger partial charge in [0.15, 0.2) is 15.7 Å². The Morgan fingerprint density at radius 2 is 1.71 bits per heavy atom. The zero-order valence-corrected chi connectivity index (χ0v) is 15.7. The third kappa shape index (κ3) is 3.72. The van der Waals surface area contributed by atoms with Crippen LogP contribution in [0, 0.1) is 0 Å². The van der Waals surface area contributed by atoms with Gasteiger partial charge in [0.05, 0.1) is 17.0 Å². The largest absolute Gasteiger partial charge is 0.368 e.